The Balaban J connectivity index is 1.95. The van der Waals surface area contributed by atoms with Crippen molar-refractivity contribution in [3.63, 3.8) is 0 Å². The summed E-state index contributed by atoms with van der Waals surface area (Å²) in [6.07, 6.45) is 0.0850. The molecule has 21 heavy (non-hydrogen) atoms. The van der Waals surface area contributed by atoms with Gasteiger partial charge in [-0.2, -0.15) is 0 Å². The summed E-state index contributed by atoms with van der Waals surface area (Å²) in [5, 5.41) is 30.1. The number of carbonyl (C=O) groups excluding carboxylic acids is 1. The van der Waals surface area contributed by atoms with E-state index < -0.39 is 23.6 Å². The lowest BCUT2D eigenvalue weighted by molar-refractivity contribution is -0.186. The predicted molar refractivity (Wildman–Crippen MR) is 76.5 cm³/mol. The summed E-state index contributed by atoms with van der Waals surface area (Å²) in [7, 11) is 0. The zero-order valence-corrected chi connectivity index (χ0v) is 13.0. The number of aliphatic hydroxyl groups is 3. The van der Waals surface area contributed by atoms with E-state index in [0.717, 1.165) is 25.9 Å². The lowest BCUT2D eigenvalue weighted by Crippen LogP contribution is -2.53. The molecule has 3 N–H and O–H groups in total. The van der Waals surface area contributed by atoms with Crippen LogP contribution < -0.4 is 0 Å². The summed E-state index contributed by atoms with van der Waals surface area (Å²) in [5.41, 5.74) is -1.88. The van der Waals surface area contributed by atoms with Gasteiger partial charge >= 0.3 is 5.97 Å². The van der Waals surface area contributed by atoms with Crippen LogP contribution in [-0.2, 0) is 9.53 Å². The maximum atomic E-state index is 12.2. The summed E-state index contributed by atoms with van der Waals surface area (Å²) >= 11 is 0. The molecule has 2 fully saturated rings. The quantitative estimate of drug-likeness (QED) is 0.607. The minimum absolute atomic E-state index is 0.0523. The molecule has 0 aromatic carbocycles. The molecule has 122 valence electrons. The molecule has 0 aromatic rings. The summed E-state index contributed by atoms with van der Waals surface area (Å²) < 4.78 is 5.28. The van der Waals surface area contributed by atoms with Gasteiger partial charge in [0.25, 0.3) is 0 Å². The molecule has 0 radical (unpaired) electrons. The van der Waals surface area contributed by atoms with Crippen LogP contribution in [0.5, 0.6) is 0 Å². The third kappa shape index (κ3) is 2.95. The third-order valence-corrected chi connectivity index (χ3v) is 5.07. The van der Waals surface area contributed by atoms with Crippen LogP contribution >= 0.6 is 0 Å². The van der Waals surface area contributed by atoms with Gasteiger partial charge in [0.05, 0.1) is 18.8 Å². The molecular formula is C15H27NO5. The molecule has 0 aromatic heterocycles. The fourth-order valence-electron chi connectivity index (χ4n) is 3.61. The maximum Gasteiger partial charge on any atom is 0.341 e. The first kappa shape index (κ1) is 16.7. The number of carbonyl (C=O) groups is 1. The Labute approximate surface area is 125 Å². The number of hydrogen-bond donors (Lipinski definition) is 3. The highest BCUT2D eigenvalue weighted by atomic mass is 16.6. The van der Waals surface area contributed by atoms with Crippen LogP contribution in [0.3, 0.4) is 0 Å². The lowest BCUT2D eigenvalue weighted by atomic mass is 9.85. The Morgan fingerprint density at radius 3 is 2.52 bits per heavy atom. The molecule has 2 rings (SSSR count). The normalized spacial score (nSPS) is 33.8. The van der Waals surface area contributed by atoms with Gasteiger partial charge in [0, 0.05) is 18.5 Å². The molecule has 0 spiro atoms. The van der Waals surface area contributed by atoms with Crippen molar-refractivity contribution in [2.45, 2.75) is 57.5 Å². The monoisotopic (exact) mass is 301 g/mol. The van der Waals surface area contributed by atoms with Gasteiger partial charge in [0.15, 0.2) is 5.60 Å². The molecule has 6 nitrogen and oxygen atoms in total. The van der Waals surface area contributed by atoms with Crippen molar-refractivity contribution in [1.29, 1.82) is 0 Å². The van der Waals surface area contributed by atoms with Gasteiger partial charge in [-0.25, -0.2) is 4.79 Å². The molecule has 0 unspecified atom stereocenters. The first-order valence-corrected chi connectivity index (χ1v) is 7.78. The third-order valence-electron chi connectivity index (χ3n) is 5.07. The number of rotatable bonds is 5. The van der Waals surface area contributed by atoms with Crippen molar-refractivity contribution in [2.75, 3.05) is 19.7 Å². The summed E-state index contributed by atoms with van der Waals surface area (Å²) in [5.74, 6) is -1.13. The fraction of sp³-hybridized carbons (Fsp3) is 0.933. The van der Waals surface area contributed by atoms with E-state index in [0.29, 0.717) is 0 Å². The van der Waals surface area contributed by atoms with Crippen LogP contribution in [0.1, 0.15) is 33.6 Å². The van der Waals surface area contributed by atoms with Crippen LogP contribution in [0.15, 0.2) is 0 Å². The lowest BCUT2D eigenvalue weighted by Gasteiger charge is -2.33. The number of hydrogen-bond acceptors (Lipinski definition) is 6. The second kappa shape index (κ2) is 6.20. The van der Waals surface area contributed by atoms with Gasteiger partial charge < -0.3 is 20.1 Å². The fourth-order valence-corrected chi connectivity index (χ4v) is 3.61. The highest BCUT2D eigenvalue weighted by Crippen LogP contribution is 2.33. The molecule has 0 amide bonds. The standard InChI is InChI=1S/C15H27NO5/c1-9(2)15(20,10(3)17)14(19)21-8-11-4-6-16-7-5-12(18)13(11)16/h9-13,17-18,20H,4-8H2,1-3H3/t10-,11+,12+,13+,15-/m0/s1. The van der Waals surface area contributed by atoms with Gasteiger partial charge in [-0.1, -0.05) is 13.8 Å². The largest absolute Gasteiger partial charge is 0.463 e. The van der Waals surface area contributed by atoms with Crippen LogP contribution in [0, 0.1) is 11.8 Å². The molecule has 0 bridgehead atoms. The summed E-state index contributed by atoms with van der Waals surface area (Å²) in [6, 6.07) is 0.0523. The van der Waals surface area contributed by atoms with Gasteiger partial charge in [0.2, 0.25) is 0 Å². The molecule has 5 atom stereocenters. The minimum atomic E-state index is -1.88. The van der Waals surface area contributed by atoms with Gasteiger partial charge in [-0.3, -0.25) is 4.90 Å². The highest BCUT2D eigenvalue weighted by molar-refractivity contribution is 5.80. The molecule has 6 heteroatoms. The first-order chi connectivity index (χ1) is 9.78. The van der Waals surface area contributed by atoms with E-state index in [4.69, 9.17) is 4.74 Å². The molecule has 0 saturated carbocycles. The highest BCUT2D eigenvalue weighted by Gasteiger charge is 2.47. The van der Waals surface area contributed by atoms with E-state index >= 15 is 0 Å². The molecule has 2 aliphatic rings. The number of esters is 1. The number of ether oxygens (including phenoxy) is 1. The first-order valence-electron chi connectivity index (χ1n) is 7.78. The Hall–Kier alpha value is -0.690. The Morgan fingerprint density at radius 1 is 1.33 bits per heavy atom. The predicted octanol–water partition coefficient (Wildman–Crippen LogP) is -0.247. The average molecular weight is 301 g/mol. The zero-order valence-electron chi connectivity index (χ0n) is 13.0. The van der Waals surface area contributed by atoms with E-state index in [9.17, 15) is 20.1 Å². The van der Waals surface area contributed by atoms with Crippen molar-refractivity contribution in [2.24, 2.45) is 11.8 Å². The minimum Gasteiger partial charge on any atom is -0.463 e. The molecule has 0 aliphatic carbocycles. The summed E-state index contributed by atoms with van der Waals surface area (Å²) in [6.45, 7) is 6.71. The van der Waals surface area contributed by atoms with Gasteiger partial charge in [-0.15, -0.1) is 0 Å². The van der Waals surface area contributed by atoms with Crippen LogP contribution in [0.25, 0.3) is 0 Å². The molecule has 2 aliphatic heterocycles. The van der Waals surface area contributed by atoms with E-state index in [1.54, 1.807) is 13.8 Å². The van der Waals surface area contributed by atoms with Crippen LogP contribution in [-0.4, -0.2) is 69.7 Å². The number of aliphatic hydroxyl groups excluding tert-OH is 2. The van der Waals surface area contributed by atoms with Crippen molar-refractivity contribution in [1.82, 2.24) is 4.90 Å². The Morgan fingerprint density at radius 2 is 1.95 bits per heavy atom. The average Bonchev–Trinajstić information content (AvgIpc) is 2.98. The Bertz CT molecular complexity index is 376. The molecule has 2 heterocycles. The van der Waals surface area contributed by atoms with E-state index in [-0.39, 0.29) is 24.7 Å². The number of nitrogens with zero attached hydrogens (tertiary/aromatic N) is 1. The number of fused-ring (bicyclic) bond motifs is 1. The smallest absolute Gasteiger partial charge is 0.341 e. The topological polar surface area (TPSA) is 90.2 Å². The van der Waals surface area contributed by atoms with Crippen LogP contribution in [0.4, 0.5) is 0 Å². The van der Waals surface area contributed by atoms with Crippen molar-refractivity contribution in [3.8, 4) is 0 Å². The van der Waals surface area contributed by atoms with Crippen molar-refractivity contribution in [3.05, 3.63) is 0 Å². The SMILES string of the molecule is CC(C)[C@@](O)(C(=O)OC[C@H]1CCN2CC[C@@H](O)[C@@H]12)[C@H](C)O. The second-order valence-electron chi connectivity index (χ2n) is 6.69. The van der Waals surface area contributed by atoms with Crippen LogP contribution in [0.2, 0.25) is 0 Å². The van der Waals surface area contributed by atoms with E-state index in [1.807, 2.05) is 0 Å². The zero-order chi connectivity index (χ0) is 15.8. The van der Waals surface area contributed by atoms with Crippen molar-refractivity contribution >= 4 is 5.97 Å². The summed E-state index contributed by atoms with van der Waals surface area (Å²) in [4.78, 5) is 14.4. The van der Waals surface area contributed by atoms with Crippen molar-refractivity contribution < 1.29 is 24.9 Å². The maximum absolute atomic E-state index is 12.2. The molecule has 2 saturated heterocycles. The van der Waals surface area contributed by atoms with Gasteiger partial charge in [0.1, 0.15) is 0 Å². The van der Waals surface area contributed by atoms with Gasteiger partial charge in [-0.05, 0) is 32.2 Å². The second-order valence-corrected chi connectivity index (χ2v) is 6.69. The Kier molecular flexibility index (Phi) is 4.92. The molecular weight excluding hydrogens is 274 g/mol. The van der Waals surface area contributed by atoms with E-state index in [1.165, 1.54) is 6.92 Å². The van der Waals surface area contributed by atoms with E-state index in [2.05, 4.69) is 4.90 Å².